The van der Waals surface area contributed by atoms with Gasteiger partial charge in [0.1, 0.15) is 91.0 Å². The number of ketones is 1. The monoisotopic (exact) mass is 1040 g/mol. The molecule has 0 aromatic heterocycles. The first-order chi connectivity index (χ1) is 35.1. The van der Waals surface area contributed by atoms with E-state index in [4.69, 9.17) is 37.9 Å². The Morgan fingerprint density at radius 2 is 0.847 bits per heavy atom. The fourth-order valence-corrected chi connectivity index (χ4v) is 8.14. The van der Waals surface area contributed by atoms with Crippen molar-refractivity contribution in [3.63, 3.8) is 0 Å². The highest BCUT2D eigenvalue weighted by Gasteiger charge is 2.37. The number of carbonyl (C=O) groups excluding carboxylic acids is 1. The molecule has 8 aromatic carbocycles. The molecule has 0 spiro atoms. The van der Waals surface area contributed by atoms with Gasteiger partial charge in [-0.15, -0.1) is 0 Å². The molecule has 1 N–H and O–H groups in total. The second-order valence-corrected chi connectivity index (χ2v) is 17.3. The maximum Gasteiger partial charge on any atom is 0.203 e. The molecule has 10 nitrogen and oxygen atoms in total. The number of benzene rings is 8. The molecule has 0 aliphatic carbocycles. The molecule has 72 heavy (non-hydrogen) atoms. The Hall–Kier alpha value is -7.71. The van der Waals surface area contributed by atoms with Crippen LogP contribution in [0.5, 0.6) is 40.2 Å². The molecule has 0 bridgehead atoms. The molecule has 0 saturated heterocycles. The van der Waals surface area contributed by atoms with Gasteiger partial charge in [-0.05, 0) is 97.8 Å². The van der Waals surface area contributed by atoms with Gasteiger partial charge >= 0.3 is 0 Å². The van der Waals surface area contributed by atoms with Crippen molar-refractivity contribution < 1.29 is 56.6 Å². The van der Waals surface area contributed by atoms with E-state index < -0.39 is 29.6 Å². The Kier molecular flexibility index (Phi) is 17.5. The van der Waals surface area contributed by atoms with E-state index in [2.05, 4.69) is 15.9 Å². The fourth-order valence-electron chi connectivity index (χ4n) is 7.59. The molecular formula is C59H51BrF2O10. The van der Waals surface area contributed by atoms with Gasteiger partial charge in [-0.25, -0.2) is 8.78 Å². The summed E-state index contributed by atoms with van der Waals surface area (Å²) in [5.41, 5.74) is 4.83. The summed E-state index contributed by atoms with van der Waals surface area (Å²) in [6, 6.07) is 52.2. The number of aliphatic hydroxyl groups excluding tert-OH is 1. The number of aliphatic hydroxyl groups is 1. The van der Waals surface area contributed by atoms with Crippen molar-refractivity contribution in [2.75, 3.05) is 14.2 Å². The first-order valence-corrected chi connectivity index (χ1v) is 23.7. The molecule has 2 unspecified atom stereocenters. The van der Waals surface area contributed by atoms with Gasteiger partial charge in [-0.2, -0.15) is 0 Å². The summed E-state index contributed by atoms with van der Waals surface area (Å²) in [6.45, 7) is 0.355. The molecule has 0 amide bonds. The van der Waals surface area contributed by atoms with E-state index >= 15 is 4.79 Å². The molecule has 368 valence electrons. The van der Waals surface area contributed by atoms with Crippen LogP contribution in [0.4, 0.5) is 8.78 Å². The van der Waals surface area contributed by atoms with Gasteiger partial charge in [0.25, 0.3) is 0 Å². The molecule has 0 fully saturated rings. The first-order valence-electron chi connectivity index (χ1n) is 23.0. The molecule has 2 atom stereocenters. The maximum absolute atomic E-state index is 15.1. The van der Waals surface area contributed by atoms with Gasteiger partial charge < -0.3 is 43.0 Å². The van der Waals surface area contributed by atoms with Gasteiger partial charge in [0.05, 0.1) is 12.7 Å². The largest absolute Gasteiger partial charge is 0.497 e. The van der Waals surface area contributed by atoms with Gasteiger partial charge in [-0.3, -0.25) is 4.79 Å². The number of rotatable bonds is 24. The smallest absolute Gasteiger partial charge is 0.203 e. The number of ether oxygens (including phenoxy) is 8. The van der Waals surface area contributed by atoms with E-state index in [-0.39, 0.29) is 85.3 Å². The van der Waals surface area contributed by atoms with E-state index in [9.17, 15) is 13.9 Å². The summed E-state index contributed by atoms with van der Waals surface area (Å²) in [5.74, 6) is 0.207. The van der Waals surface area contributed by atoms with Crippen molar-refractivity contribution in [1.29, 1.82) is 0 Å². The summed E-state index contributed by atoms with van der Waals surface area (Å²) >= 11 is 3.72. The van der Waals surface area contributed by atoms with Crippen LogP contribution in [-0.2, 0) is 44.4 Å². The standard InChI is InChI=1S/C59H51BrF2O10/c1-65-48-28-22-44(23-29-48)38-72-58-53(49(67-35-42-18-24-46(61)25-19-42)32-50(54(58)60)68-36-43-20-26-47(62)27-21-43)59(66-2)56(64)55(63)45-30-51(69-33-39-12-6-3-7-13-39)57(71-37-41-16-10-5-11-17-41)52(31-45)70-34-40-14-8-4-9-15-40/h3-32,56,59,64H,33-38H2,1-2H3. The minimum atomic E-state index is -1.91. The van der Waals surface area contributed by atoms with Crippen LogP contribution in [-0.4, -0.2) is 31.2 Å². The highest BCUT2D eigenvalue weighted by atomic mass is 79.9. The minimum absolute atomic E-state index is 0.00353. The number of hydrogen-bond donors (Lipinski definition) is 1. The molecule has 0 heterocycles. The number of Topliss-reactive ketones (excluding diaryl/α,β-unsaturated/α-hetero) is 1. The molecule has 0 aliphatic heterocycles. The van der Waals surface area contributed by atoms with Gasteiger partial charge in [0.2, 0.25) is 5.75 Å². The lowest BCUT2D eigenvalue weighted by Gasteiger charge is -2.28. The summed E-state index contributed by atoms with van der Waals surface area (Å²) in [7, 11) is 2.93. The lowest BCUT2D eigenvalue weighted by Crippen LogP contribution is -2.30. The molecule has 13 heteroatoms. The molecule has 8 aromatic rings. The third-order valence-corrected chi connectivity index (χ3v) is 12.2. The van der Waals surface area contributed by atoms with Gasteiger partial charge in [0, 0.05) is 18.7 Å². The molecular weight excluding hydrogens is 987 g/mol. The van der Waals surface area contributed by atoms with Crippen LogP contribution in [0, 0.1) is 11.6 Å². The molecule has 8 rings (SSSR count). The van der Waals surface area contributed by atoms with Crippen LogP contribution in [0.15, 0.2) is 186 Å². The van der Waals surface area contributed by atoms with Crippen LogP contribution in [0.2, 0.25) is 0 Å². The van der Waals surface area contributed by atoms with Crippen molar-refractivity contribution >= 4 is 21.7 Å². The SMILES string of the molecule is COc1ccc(COc2c(Br)c(OCc3ccc(F)cc3)cc(OCc3ccc(F)cc3)c2C(OC)C(O)C(=O)c2cc(OCc3ccccc3)c(OCc3ccccc3)c(OCc3ccccc3)c2)cc1. The summed E-state index contributed by atoms with van der Waals surface area (Å²) in [6.07, 6.45) is -3.37. The van der Waals surface area contributed by atoms with Crippen LogP contribution in [0.3, 0.4) is 0 Å². The Labute approximate surface area is 425 Å². The number of hydrogen-bond acceptors (Lipinski definition) is 10. The van der Waals surface area contributed by atoms with Crippen LogP contribution < -0.4 is 33.2 Å². The highest BCUT2D eigenvalue weighted by Crippen LogP contribution is 2.49. The first kappa shape index (κ1) is 50.7. The second kappa shape index (κ2) is 24.9. The van der Waals surface area contributed by atoms with Crippen molar-refractivity contribution in [2.24, 2.45) is 0 Å². The third-order valence-electron chi connectivity index (χ3n) is 11.4. The zero-order chi connectivity index (χ0) is 50.2. The summed E-state index contributed by atoms with van der Waals surface area (Å²) in [4.78, 5) is 15.1. The molecule has 0 saturated carbocycles. The van der Waals surface area contributed by atoms with Gasteiger partial charge in [0.15, 0.2) is 17.3 Å². The Bertz CT molecular complexity index is 2930. The van der Waals surface area contributed by atoms with E-state index in [0.29, 0.717) is 21.3 Å². The Balaban J connectivity index is 1.22. The Morgan fingerprint density at radius 3 is 1.28 bits per heavy atom. The van der Waals surface area contributed by atoms with E-state index in [1.807, 2.05) is 103 Å². The average molecular weight is 1040 g/mol. The lowest BCUT2D eigenvalue weighted by molar-refractivity contribution is -0.00715. The topological polar surface area (TPSA) is 111 Å². The predicted octanol–water partition coefficient (Wildman–Crippen LogP) is 13.1. The number of carbonyl (C=O) groups is 1. The molecule has 0 radical (unpaired) electrons. The quantitative estimate of drug-likeness (QED) is 0.0587. The normalized spacial score (nSPS) is 11.8. The maximum atomic E-state index is 15.1. The number of methoxy groups -OCH3 is 2. The zero-order valence-corrected chi connectivity index (χ0v) is 41.1. The van der Waals surface area contributed by atoms with E-state index in [0.717, 1.165) is 22.3 Å². The predicted molar refractivity (Wildman–Crippen MR) is 272 cm³/mol. The minimum Gasteiger partial charge on any atom is -0.497 e. The van der Waals surface area contributed by atoms with Crippen molar-refractivity contribution in [3.05, 3.63) is 243 Å². The highest BCUT2D eigenvalue weighted by molar-refractivity contribution is 9.10. The van der Waals surface area contributed by atoms with Crippen molar-refractivity contribution in [2.45, 2.75) is 51.8 Å². The second-order valence-electron chi connectivity index (χ2n) is 16.5. The average Bonchev–Trinajstić information content (AvgIpc) is 3.42. The zero-order valence-electron chi connectivity index (χ0n) is 39.5. The molecule has 0 aliphatic rings. The van der Waals surface area contributed by atoms with E-state index in [1.165, 1.54) is 43.5 Å². The summed E-state index contributed by atoms with van der Waals surface area (Å²) in [5, 5.41) is 12.5. The third kappa shape index (κ3) is 13.4. The van der Waals surface area contributed by atoms with Crippen LogP contribution in [0.1, 0.15) is 55.4 Å². The van der Waals surface area contributed by atoms with Crippen molar-refractivity contribution in [3.8, 4) is 40.2 Å². The summed E-state index contributed by atoms with van der Waals surface area (Å²) < 4.78 is 78.6. The van der Waals surface area contributed by atoms with Crippen LogP contribution in [0.25, 0.3) is 0 Å². The van der Waals surface area contributed by atoms with Crippen molar-refractivity contribution in [1.82, 2.24) is 0 Å². The van der Waals surface area contributed by atoms with Gasteiger partial charge in [-0.1, -0.05) is 127 Å². The fraction of sp³-hybridized carbons (Fsp3) is 0.169. The van der Waals surface area contributed by atoms with Crippen LogP contribution >= 0.6 is 15.9 Å². The Morgan fingerprint density at radius 1 is 0.472 bits per heavy atom. The number of halogens is 3. The lowest BCUT2D eigenvalue weighted by atomic mass is 9.95. The van der Waals surface area contributed by atoms with E-state index in [1.54, 1.807) is 49.6 Å².